The number of rotatable bonds is 56. The lowest BCUT2D eigenvalue weighted by Crippen LogP contribution is -2.45. The van der Waals surface area contributed by atoms with Gasteiger partial charge in [0.1, 0.15) is 13.2 Å². The number of allylic oxidation sites excluding steroid dienone is 3. The number of amides is 1. The number of nitrogens with one attached hydrogen (secondary N) is 1. The van der Waals surface area contributed by atoms with Crippen molar-refractivity contribution in [2.75, 3.05) is 40.9 Å². The van der Waals surface area contributed by atoms with Crippen LogP contribution in [0.5, 0.6) is 0 Å². The lowest BCUT2D eigenvalue weighted by atomic mass is 10.0. The molecule has 9 heteroatoms. The van der Waals surface area contributed by atoms with E-state index in [0.29, 0.717) is 17.4 Å². The second-order valence-electron chi connectivity index (χ2n) is 22.1. The molecule has 0 aliphatic heterocycles. The van der Waals surface area contributed by atoms with E-state index in [2.05, 4.69) is 31.3 Å². The van der Waals surface area contributed by atoms with Gasteiger partial charge in [0.2, 0.25) is 5.91 Å². The fourth-order valence-electron chi connectivity index (χ4n) is 9.17. The van der Waals surface area contributed by atoms with E-state index in [-0.39, 0.29) is 19.1 Å². The highest BCUT2D eigenvalue weighted by atomic mass is 31.2. The van der Waals surface area contributed by atoms with E-state index in [1.54, 1.807) is 6.08 Å². The van der Waals surface area contributed by atoms with Crippen LogP contribution < -0.4 is 10.2 Å². The molecule has 0 radical (unpaired) electrons. The first-order valence-electron chi connectivity index (χ1n) is 30.2. The summed E-state index contributed by atoms with van der Waals surface area (Å²) in [7, 11) is 1.26. The predicted octanol–water partition coefficient (Wildman–Crippen LogP) is 17.7. The van der Waals surface area contributed by atoms with Crippen LogP contribution in [0.3, 0.4) is 0 Å². The van der Waals surface area contributed by atoms with E-state index in [4.69, 9.17) is 9.05 Å². The van der Waals surface area contributed by atoms with Gasteiger partial charge >= 0.3 is 0 Å². The molecule has 0 aliphatic rings. The van der Waals surface area contributed by atoms with Gasteiger partial charge in [-0.2, -0.15) is 0 Å². The summed E-state index contributed by atoms with van der Waals surface area (Å²) < 4.78 is 23.4. The zero-order valence-corrected chi connectivity index (χ0v) is 47.7. The highest BCUT2D eigenvalue weighted by molar-refractivity contribution is 7.45. The van der Waals surface area contributed by atoms with Crippen LogP contribution in [0, 0.1) is 0 Å². The average Bonchev–Trinajstić information content (AvgIpc) is 3.31. The van der Waals surface area contributed by atoms with E-state index in [1.807, 2.05) is 27.2 Å². The molecule has 69 heavy (non-hydrogen) atoms. The molecule has 0 aromatic heterocycles. The molecule has 0 saturated heterocycles. The van der Waals surface area contributed by atoms with Crippen molar-refractivity contribution < 1.29 is 32.9 Å². The number of phosphoric acid groups is 1. The number of likely N-dealkylation sites (N-methyl/N-ethyl adjacent to an activating group) is 1. The average molecular weight is 996 g/mol. The van der Waals surface area contributed by atoms with Gasteiger partial charge in [-0.1, -0.05) is 289 Å². The van der Waals surface area contributed by atoms with E-state index in [9.17, 15) is 19.4 Å². The molecular weight excluding hydrogens is 876 g/mol. The Balaban J connectivity index is 4.19. The van der Waals surface area contributed by atoms with Crippen LogP contribution >= 0.6 is 7.82 Å². The number of aliphatic hydroxyl groups excluding tert-OH is 1. The number of quaternary nitrogens is 1. The van der Waals surface area contributed by atoms with Gasteiger partial charge in [0.15, 0.2) is 0 Å². The van der Waals surface area contributed by atoms with Gasteiger partial charge in [-0.05, 0) is 32.1 Å². The quantitative estimate of drug-likeness (QED) is 0.0272. The van der Waals surface area contributed by atoms with E-state index < -0.39 is 20.0 Å². The predicted molar refractivity (Wildman–Crippen MR) is 298 cm³/mol. The molecule has 2 N–H and O–H groups in total. The third-order valence-corrected chi connectivity index (χ3v) is 14.9. The van der Waals surface area contributed by atoms with Gasteiger partial charge < -0.3 is 28.8 Å². The molecule has 0 aliphatic carbocycles. The molecule has 8 nitrogen and oxygen atoms in total. The van der Waals surface area contributed by atoms with Crippen LogP contribution in [-0.2, 0) is 18.4 Å². The summed E-state index contributed by atoms with van der Waals surface area (Å²) >= 11 is 0. The number of unbranched alkanes of at least 4 members (excludes halogenated alkanes) is 41. The molecule has 0 spiro atoms. The topological polar surface area (TPSA) is 108 Å². The maximum atomic E-state index is 13.0. The van der Waals surface area contributed by atoms with Gasteiger partial charge in [0.05, 0.1) is 39.9 Å². The lowest BCUT2D eigenvalue weighted by molar-refractivity contribution is -0.870. The molecule has 0 saturated carbocycles. The maximum Gasteiger partial charge on any atom is 0.268 e. The second-order valence-corrected chi connectivity index (χ2v) is 23.5. The third-order valence-electron chi connectivity index (χ3n) is 13.9. The van der Waals surface area contributed by atoms with Crippen molar-refractivity contribution in [1.29, 1.82) is 0 Å². The minimum absolute atomic E-state index is 0.00363. The minimum Gasteiger partial charge on any atom is -0.756 e. The number of nitrogens with zero attached hydrogens (tertiary/aromatic N) is 1. The highest BCUT2D eigenvalue weighted by Crippen LogP contribution is 2.38. The van der Waals surface area contributed by atoms with E-state index in [0.717, 1.165) is 38.5 Å². The summed E-state index contributed by atoms with van der Waals surface area (Å²) in [5.74, 6) is -0.200. The standard InChI is InChI=1S/C60H119N2O6P/c1-6-8-10-12-14-16-18-20-22-24-26-28-29-30-31-32-34-35-37-39-41-43-45-47-49-51-53-59(63)58(57-68-69(65,66)67-56-55-62(3,4)5)61-60(64)54-52-50-48-46-44-42-40-38-36-33-27-25-23-21-19-17-15-13-11-9-7-2/h43,45,51,53,58-59,63H,6-42,44,46-50,52,54-57H2,1-5H3,(H-,61,64,65,66)/b45-43+,53-51+. The molecule has 0 bridgehead atoms. The summed E-state index contributed by atoms with van der Waals surface area (Å²) in [5.41, 5.74) is 0. The minimum atomic E-state index is -4.60. The first-order valence-corrected chi connectivity index (χ1v) is 31.7. The molecule has 410 valence electrons. The largest absolute Gasteiger partial charge is 0.756 e. The Morgan fingerprint density at radius 1 is 0.493 bits per heavy atom. The summed E-state index contributed by atoms with van der Waals surface area (Å²) in [5, 5.41) is 13.9. The van der Waals surface area contributed by atoms with Gasteiger partial charge in [0.25, 0.3) is 7.82 Å². The van der Waals surface area contributed by atoms with Gasteiger partial charge in [-0.15, -0.1) is 0 Å². The lowest BCUT2D eigenvalue weighted by Gasteiger charge is -2.29. The first-order chi connectivity index (χ1) is 33.5. The zero-order chi connectivity index (χ0) is 50.6. The molecule has 0 aromatic rings. The fraction of sp³-hybridized carbons (Fsp3) is 0.917. The zero-order valence-electron chi connectivity index (χ0n) is 46.8. The Kier molecular flexibility index (Phi) is 51.1. The van der Waals surface area contributed by atoms with Gasteiger partial charge in [0, 0.05) is 6.42 Å². The summed E-state index contributed by atoms with van der Waals surface area (Å²) in [6.07, 6.45) is 65.5. The van der Waals surface area contributed by atoms with Crippen molar-refractivity contribution in [2.45, 2.75) is 315 Å². The molecular formula is C60H119N2O6P. The Labute approximate surface area is 430 Å². The number of carbonyl (C=O) groups excluding carboxylic acids is 1. The van der Waals surface area contributed by atoms with Gasteiger partial charge in [-0.3, -0.25) is 9.36 Å². The molecule has 0 aromatic carbocycles. The second kappa shape index (κ2) is 51.9. The van der Waals surface area contributed by atoms with Crippen molar-refractivity contribution in [1.82, 2.24) is 5.32 Å². The number of carbonyl (C=O) groups is 1. The van der Waals surface area contributed by atoms with Crippen molar-refractivity contribution in [3.63, 3.8) is 0 Å². The highest BCUT2D eigenvalue weighted by Gasteiger charge is 2.23. The summed E-state index contributed by atoms with van der Waals surface area (Å²) in [6.45, 7) is 4.68. The van der Waals surface area contributed by atoms with Crippen molar-refractivity contribution in [3.8, 4) is 0 Å². The number of hydrogen-bond donors (Lipinski definition) is 2. The van der Waals surface area contributed by atoms with Crippen LogP contribution in [0.25, 0.3) is 0 Å². The third kappa shape index (κ3) is 54.6. The Bertz CT molecular complexity index is 1170. The molecule has 1 amide bonds. The van der Waals surface area contributed by atoms with Crippen molar-refractivity contribution >= 4 is 13.7 Å². The van der Waals surface area contributed by atoms with Crippen LogP contribution in [0.15, 0.2) is 24.3 Å². The number of phosphoric ester groups is 1. The number of hydrogen-bond acceptors (Lipinski definition) is 6. The SMILES string of the molecule is CCCCCCCCCCCCCCCCCCCCCC/C=C/CC/C=C/C(O)C(COP(=O)([O-])OCC[N+](C)(C)C)NC(=O)CCCCCCCCCCCCCCCCCCCCCCC. The monoisotopic (exact) mass is 995 g/mol. The van der Waals surface area contributed by atoms with Crippen LogP contribution in [0.4, 0.5) is 0 Å². The molecule has 0 rings (SSSR count). The van der Waals surface area contributed by atoms with Crippen molar-refractivity contribution in [2.24, 2.45) is 0 Å². The molecule has 0 fully saturated rings. The fourth-order valence-corrected chi connectivity index (χ4v) is 9.90. The van der Waals surface area contributed by atoms with Crippen LogP contribution in [0.2, 0.25) is 0 Å². The smallest absolute Gasteiger partial charge is 0.268 e. The maximum absolute atomic E-state index is 13.0. The Hall–Kier alpha value is -1.02. The number of aliphatic hydroxyl groups is 1. The van der Waals surface area contributed by atoms with Crippen LogP contribution in [0.1, 0.15) is 303 Å². The van der Waals surface area contributed by atoms with Gasteiger partial charge in [-0.25, -0.2) is 0 Å². The summed E-state index contributed by atoms with van der Waals surface area (Å²) in [6, 6.07) is -0.900. The van der Waals surface area contributed by atoms with Crippen molar-refractivity contribution in [3.05, 3.63) is 24.3 Å². The van der Waals surface area contributed by atoms with Crippen LogP contribution in [-0.4, -0.2) is 68.5 Å². The Morgan fingerprint density at radius 2 is 0.812 bits per heavy atom. The summed E-state index contributed by atoms with van der Waals surface area (Å²) in [4.78, 5) is 25.5. The normalized spacial score (nSPS) is 14.0. The van der Waals surface area contributed by atoms with E-state index >= 15 is 0 Å². The first kappa shape index (κ1) is 68.0. The molecule has 0 heterocycles. The Morgan fingerprint density at radius 3 is 1.17 bits per heavy atom. The molecule has 3 atom stereocenters. The van der Waals surface area contributed by atoms with E-state index in [1.165, 1.54) is 244 Å². The molecule has 3 unspecified atom stereocenters.